The van der Waals surface area contributed by atoms with Gasteiger partial charge in [-0.3, -0.25) is 4.21 Å². The van der Waals surface area contributed by atoms with E-state index in [1.807, 2.05) is 19.9 Å². The smallest absolute Gasteiger partial charge is 0.119 e. The van der Waals surface area contributed by atoms with Gasteiger partial charge in [0.25, 0.3) is 0 Å². The number of hydrogen-bond donors (Lipinski definition) is 1. The predicted molar refractivity (Wildman–Crippen MR) is 84.8 cm³/mol. The zero-order valence-corrected chi connectivity index (χ0v) is 13.6. The van der Waals surface area contributed by atoms with E-state index in [0.717, 1.165) is 25.1 Å². The first-order valence-electron chi connectivity index (χ1n) is 7.38. The van der Waals surface area contributed by atoms with Crippen molar-refractivity contribution in [2.24, 2.45) is 0 Å². The molecule has 0 saturated carbocycles. The molecule has 0 bridgehead atoms. The molecular formula is C16H25NO2S. The van der Waals surface area contributed by atoms with E-state index >= 15 is 0 Å². The molecule has 0 aliphatic heterocycles. The fraction of sp³-hybridized carbons (Fsp3) is 0.625. The molecule has 2 rings (SSSR count). The van der Waals surface area contributed by atoms with Crippen molar-refractivity contribution in [1.82, 2.24) is 5.32 Å². The second kappa shape index (κ2) is 6.72. The van der Waals surface area contributed by atoms with Crippen LogP contribution in [0.25, 0.3) is 0 Å². The Labute approximate surface area is 124 Å². The van der Waals surface area contributed by atoms with Crippen molar-refractivity contribution < 1.29 is 8.95 Å². The standard InChI is InChI=1S/C16H25NO2S/c1-5-8-17-16-14-10-13(19-4)7-6-12(14)9-15(16)20(18)11(2)3/h6-7,10-11,15-17H,5,8-9H2,1-4H3. The molecule has 3 nitrogen and oxygen atoms in total. The molecule has 0 heterocycles. The summed E-state index contributed by atoms with van der Waals surface area (Å²) in [7, 11) is 0.871. The maximum Gasteiger partial charge on any atom is 0.119 e. The molecule has 1 N–H and O–H groups in total. The van der Waals surface area contributed by atoms with Gasteiger partial charge in [-0.05, 0) is 42.6 Å². The summed E-state index contributed by atoms with van der Waals surface area (Å²) < 4.78 is 17.9. The Hall–Kier alpha value is -0.870. The summed E-state index contributed by atoms with van der Waals surface area (Å²) in [6.07, 6.45) is 1.97. The lowest BCUT2D eigenvalue weighted by atomic mass is 10.1. The van der Waals surface area contributed by atoms with Crippen LogP contribution in [0.3, 0.4) is 0 Å². The molecule has 1 aliphatic carbocycles. The average molecular weight is 295 g/mol. The summed E-state index contributed by atoms with van der Waals surface area (Å²) in [6, 6.07) is 6.39. The summed E-state index contributed by atoms with van der Waals surface area (Å²) in [5.74, 6) is 0.878. The second-order valence-corrected chi connectivity index (χ2v) is 7.82. The van der Waals surface area contributed by atoms with Crippen LogP contribution in [-0.4, -0.2) is 28.4 Å². The summed E-state index contributed by atoms with van der Waals surface area (Å²) in [6.45, 7) is 7.18. The van der Waals surface area contributed by atoms with Crippen LogP contribution in [0.2, 0.25) is 0 Å². The molecule has 3 unspecified atom stereocenters. The van der Waals surface area contributed by atoms with Crippen LogP contribution in [-0.2, 0) is 17.2 Å². The average Bonchev–Trinajstić information content (AvgIpc) is 2.81. The highest BCUT2D eigenvalue weighted by molar-refractivity contribution is 7.86. The number of rotatable bonds is 6. The van der Waals surface area contributed by atoms with Crippen LogP contribution in [0, 0.1) is 0 Å². The van der Waals surface area contributed by atoms with E-state index < -0.39 is 10.8 Å². The molecular weight excluding hydrogens is 270 g/mol. The number of methoxy groups -OCH3 is 1. The Morgan fingerprint density at radius 3 is 2.80 bits per heavy atom. The Balaban J connectivity index is 2.31. The largest absolute Gasteiger partial charge is 0.497 e. The lowest BCUT2D eigenvalue weighted by molar-refractivity contribution is 0.413. The third-order valence-electron chi connectivity index (χ3n) is 3.86. The van der Waals surface area contributed by atoms with E-state index in [2.05, 4.69) is 24.4 Å². The molecule has 0 radical (unpaired) electrons. The number of benzene rings is 1. The normalized spacial score (nSPS) is 22.9. The lowest BCUT2D eigenvalue weighted by Gasteiger charge is -2.23. The third kappa shape index (κ3) is 3.07. The van der Waals surface area contributed by atoms with Gasteiger partial charge in [-0.15, -0.1) is 0 Å². The molecule has 1 aromatic rings. The molecule has 112 valence electrons. The van der Waals surface area contributed by atoms with Gasteiger partial charge in [-0.1, -0.05) is 26.8 Å². The van der Waals surface area contributed by atoms with Gasteiger partial charge in [0.1, 0.15) is 5.75 Å². The summed E-state index contributed by atoms with van der Waals surface area (Å²) >= 11 is 0. The first kappa shape index (κ1) is 15.5. The molecule has 0 spiro atoms. The number of nitrogens with one attached hydrogen (secondary N) is 1. The molecule has 20 heavy (non-hydrogen) atoms. The van der Waals surface area contributed by atoms with Gasteiger partial charge in [-0.2, -0.15) is 0 Å². The summed E-state index contributed by atoms with van der Waals surface area (Å²) in [4.78, 5) is 0. The van der Waals surface area contributed by atoms with Crippen molar-refractivity contribution in [2.75, 3.05) is 13.7 Å². The molecule has 0 amide bonds. The minimum absolute atomic E-state index is 0.170. The lowest BCUT2D eigenvalue weighted by Crippen LogP contribution is -2.35. The Kier molecular flexibility index (Phi) is 5.22. The van der Waals surface area contributed by atoms with E-state index in [9.17, 15) is 4.21 Å². The quantitative estimate of drug-likeness (QED) is 0.877. The Morgan fingerprint density at radius 1 is 1.45 bits per heavy atom. The van der Waals surface area contributed by atoms with Crippen LogP contribution in [0.4, 0.5) is 0 Å². The minimum Gasteiger partial charge on any atom is -0.497 e. The number of hydrogen-bond acceptors (Lipinski definition) is 3. The van der Waals surface area contributed by atoms with Crippen molar-refractivity contribution in [3.05, 3.63) is 29.3 Å². The van der Waals surface area contributed by atoms with Gasteiger partial charge < -0.3 is 10.1 Å². The SMILES string of the molecule is CCCNC1c2cc(OC)ccc2CC1S(=O)C(C)C. The number of fused-ring (bicyclic) bond motifs is 1. The molecule has 4 heteroatoms. The minimum atomic E-state index is -0.819. The second-order valence-electron chi connectivity index (χ2n) is 5.62. The van der Waals surface area contributed by atoms with Gasteiger partial charge in [-0.25, -0.2) is 0 Å². The highest BCUT2D eigenvalue weighted by atomic mass is 32.2. The van der Waals surface area contributed by atoms with Crippen molar-refractivity contribution in [1.29, 1.82) is 0 Å². The van der Waals surface area contributed by atoms with Crippen LogP contribution in [0.5, 0.6) is 5.75 Å². The Morgan fingerprint density at radius 2 is 2.20 bits per heavy atom. The van der Waals surface area contributed by atoms with Crippen LogP contribution >= 0.6 is 0 Å². The molecule has 1 aromatic carbocycles. The highest BCUT2D eigenvalue weighted by Gasteiger charge is 2.37. The summed E-state index contributed by atoms with van der Waals surface area (Å²) in [5, 5.41) is 3.94. The van der Waals surface area contributed by atoms with Crippen molar-refractivity contribution in [3.8, 4) is 5.75 Å². The molecule has 0 saturated heterocycles. The number of ether oxygens (including phenoxy) is 1. The van der Waals surface area contributed by atoms with Gasteiger partial charge in [0.15, 0.2) is 0 Å². The topological polar surface area (TPSA) is 38.3 Å². The molecule has 0 aromatic heterocycles. The van der Waals surface area contributed by atoms with Gasteiger partial charge in [0.05, 0.1) is 12.4 Å². The predicted octanol–water partition coefficient (Wildman–Crippen LogP) is 2.82. The maximum absolute atomic E-state index is 12.6. The molecule has 0 fully saturated rings. The first-order valence-corrected chi connectivity index (χ1v) is 8.65. The van der Waals surface area contributed by atoms with Crippen molar-refractivity contribution in [2.45, 2.75) is 50.2 Å². The zero-order valence-electron chi connectivity index (χ0n) is 12.8. The molecule has 3 atom stereocenters. The van der Waals surface area contributed by atoms with Crippen LogP contribution in [0.1, 0.15) is 44.4 Å². The monoisotopic (exact) mass is 295 g/mol. The summed E-state index contributed by atoms with van der Waals surface area (Å²) in [5.41, 5.74) is 2.57. The van der Waals surface area contributed by atoms with E-state index in [4.69, 9.17) is 4.74 Å². The maximum atomic E-state index is 12.6. The van der Waals surface area contributed by atoms with Crippen LogP contribution < -0.4 is 10.1 Å². The van der Waals surface area contributed by atoms with E-state index in [1.165, 1.54) is 11.1 Å². The third-order valence-corrected chi connectivity index (χ3v) is 5.82. The van der Waals surface area contributed by atoms with E-state index in [-0.39, 0.29) is 16.5 Å². The van der Waals surface area contributed by atoms with E-state index in [1.54, 1.807) is 7.11 Å². The Bertz CT molecular complexity index is 487. The van der Waals surface area contributed by atoms with Gasteiger partial charge >= 0.3 is 0 Å². The van der Waals surface area contributed by atoms with Crippen molar-refractivity contribution in [3.63, 3.8) is 0 Å². The molecule has 1 aliphatic rings. The van der Waals surface area contributed by atoms with E-state index in [0.29, 0.717) is 0 Å². The zero-order chi connectivity index (χ0) is 14.7. The van der Waals surface area contributed by atoms with Gasteiger partial charge in [0.2, 0.25) is 0 Å². The van der Waals surface area contributed by atoms with Crippen LogP contribution in [0.15, 0.2) is 18.2 Å². The van der Waals surface area contributed by atoms with Gasteiger partial charge in [0, 0.05) is 22.1 Å². The fourth-order valence-electron chi connectivity index (χ4n) is 2.82. The highest BCUT2D eigenvalue weighted by Crippen LogP contribution is 2.37. The first-order chi connectivity index (χ1) is 9.58. The van der Waals surface area contributed by atoms with Crippen molar-refractivity contribution >= 4 is 10.8 Å². The fourth-order valence-corrected chi connectivity index (χ4v) is 4.37.